The average molecular weight is 441 g/mol. The summed E-state index contributed by atoms with van der Waals surface area (Å²) in [7, 11) is 1.30. The van der Waals surface area contributed by atoms with Gasteiger partial charge in [-0.1, -0.05) is 24.3 Å². The van der Waals surface area contributed by atoms with Gasteiger partial charge in [-0.15, -0.1) is 0 Å². The monoisotopic (exact) mass is 440 g/mol. The predicted molar refractivity (Wildman–Crippen MR) is 131 cm³/mol. The number of benzene rings is 2. The lowest BCUT2D eigenvalue weighted by atomic mass is 10.1. The summed E-state index contributed by atoms with van der Waals surface area (Å²) < 4.78 is 7.09. The summed E-state index contributed by atoms with van der Waals surface area (Å²) in [4.78, 5) is 27.8. The molecule has 2 aromatic carbocycles. The van der Waals surface area contributed by atoms with Crippen molar-refractivity contribution in [3.05, 3.63) is 99.6 Å². The molecular weight excluding hydrogens is 412 g/mol. The van der Waals surface area contributed by atoms with Crippen molar-refractivity contribution in [1.29, 1.82) is 0 Å². The van der Waals surface area contributed by atoms with E-state index in [9.17, 15) is 9.59 Å². The Morgan fingerprint density at radius 2 is 1.58 bits per heavy atom. The van der Waals surface area contributed by atoms with Crippen LogP contribution in [0.2, 0.25) is 0 Å². The van der Waals surface area contributed by atoms with E-state index in [1.807, 2.05) is 75.1 Å². The Kier molecular flexibility index (Phi) is 5.81. The molecule has 0 atom stereocenters. The fourth-order valence-corrected chi connectivity index (χ4v) is 4.41. The van der Waals surface area contributed by atoms with Crippen molar-refractivity contribution in [3.8, 4) is 5.69 Å². The highest BCUT2D eigenvalue weighted by Gasteiger charge is 2.38. The van der Waals surface area contributed by atoms with Crippen LogP contribution in [0.1, 0.15) is 35.0 Å². The number of aryl methyl sites for hydroxylation is 3. The number of nitrogens with zero attached hydrogens (tertiary/aromatic N) is 2. The van der Waals surface area contributed by atoms with Crippen molar-refractivity contribution in [3.63, 3.8) is 0 Å². The molecule has 1 aromatic heterocycles. The van der Waals surface area contributed by atoms with Gasteiger partial charge in [0.25, 0.3) is 0 Å². The lowest BCUT2D eigenvalue weighted by Gasteiger charge is -2.22. The van der Waals surface area contributed by atoms with E-state index in [1.54, 1.807) is 6.92 Å². The van der Waals surface area contributed by atoms with Crippen molar-refractivity contribution < 1.29 is 14.3 Å². The van der Waals surface area contributed by atoms with E-state index in [2.05, 4.69) is 22.8 Å². The number of Topliss-reactive ketones (excluding diaryl/α,β-unsaturated/α-hetero) is 1. The quantitative estimate of drug-likeness (QED) is 0.302. The molecule has 0 amide bonds. The van der Waals surface area contributed by atoms with Crippen LogP contribution in [0.15, 0.2) is 71.6 Å². The first-order valence-electron chi connectivity index (χ1n) is 10.9. The van der Waals surface area contributed by atoms with Crippen LogP contribution in [0.25, 0.3) is 11.8 Å². The molecular formula is C28H28N2O3. The number of hydrogen-bond acceptors (Lipinski definition) is 4. The second-order valence-electron chi connectivity index (χ2n) is 8.41. The van der Waals surface area contributed by atoms with E-state index >= 15 is 0 Å². The van der Waals surface area contributed by atoms with Gasteiger partial charge in [-0.2, -0.15) is 0 Å². The van der Waals surface area contributed by atoms with Gasteiger partial charge in [0.05, 0.1) is 12.8 Å². The summed E-state index contributed by atoms with van der Waals surface area (Å²) >= 11 is 0. The second kappa shape index (κ2) is 8.58. The van der Waals surface area contributed by atoms with E-state index in [1.165, 1.54) is 7.11 Å². The zero-order chi connectivity index (χ0) is 23.9. The molecule has 1 aliphatic heterocycles. The Morgan fingerprint density at radius 1 is 0.879 bits per heavy atom. The molecule has 0 radical (unpaired) electrons. The molecule has 2 heterocycles. The van der Waals surface area contributed by atoms with E-state index in [0.717, 1.165) is 39.5 Å². The highest BCUT2D eigenvalue weighted by Crippen LogP contribution is 2.37. The van der Waals surface area contributed by atoms with Crippen LogP contribution >= 0.6 is 0 Å². The third kappa shape index (κ3) is 3.80. The minimum absolute atomic E-state index is 0.0684. The normalized spacial score (nSPS) is 15.0. The molecule has 0 spiro atoms. The van der Waals surface area contributed by atoms with Crippen molar-refractivity contribution in [2.45, 2.75) is 34.6 Å². The number of carbonyl (C=O) groups is 2. The van der Waals surface area contributed by atoms with Crippen LogP contribution in [0.3, 0.4) is 0 Å². The summed E-state index contributed by atoms with van der Waals surface area (Å²) in [5.74, 6) is -0.952. The molecule has 1 aliphatic rings. The highest BCUT2D eigenvalue weighted by atomic mass is 16.5. The van der Waals surface area contributed by atoms with Gasteiger partial charge in [0, 0.05) is 28.5 Å². The smallest absolute Gasteiger partial charge is 0.343 e. The van der Waals surface area contributed by atoms with Crippen LogP contribution < -0.4 is 4.90 Å². The molecule has 33 heavy (non-hydrogen) atoms. The minimum atomic E-state index is -0.621. The third-order valence-electron chi connectivity index (χ3n) is 6.31. The minimum Gasteiger partial charge on any atom is -0.465 e. The molecule has 4 rings (SSSR count). The Labute approximate surface area is 194 Å². The van der Waals surface area contributed by atoms with Crippen molar-refractivity contribution in [2.24, 2.45) is 0 Å². The van der Waals surface area contributed by atoms with Crippen LogP contribution in [0.4, 0.5) is 5.69 Å². The molecule has 0 bridgehead atoms. The lowest BCUT2D eigenvalue weighted by molar-refractivity contribution is -0.137. The maximum Gasteiger partial charge on any atom is 0.343 e. The molecule has 3 aromatic rings. The molecule has 0 unspecified atom stereocenters. The lowest BCUT2D eigenvalue weighted by Crippen LogP contribution is -2.18. The number of ketones is 1. The maximum atomic E-state index is 13.5. The number of esters is 1. The van der Waals surface area contributed by atoms with Gasteiger partial charge < -0.3 is 14.2 Å². The van der Waals surface area contributed by atoms with Crippen molar-refractivity contribution in [2.75, 3.05) is 12.0 Å². The van der Waals surface area contributed by atoms with Crippen LogP contribution in [-0.4, -0.2) is 23.4 Å². The van der Waals surface area contributed by atoms with Crippen LogP contribution in [0.5, 0.6) is 0 Å². The van der Waals surface area contributed by atoms with Gasteiger partial charge in [-0.05, 0) is 87.7 Å². The van der Waals surface area contributed by atoms with E-state index in [0.29, 0.717) is 11.4 Å². The molecule has 0 saturated heterocycles. The predicted octanol–water partition coefficient (Wildman–Crippen LogP) is 5.59. The number of hydrogen-bond donors (Lipinski definition) is 0. The van der Waals surface area contributed by atoms with Gasteiger partial charge in [0.2, 0.25) is 5.78 Å². The molecule has 0 N–H and O–H groups in total. The molecule has 5 nitrogen and oxygen atoms in total. The second-order valence-corrected chi connectivity index (χ2v) is 8.41. The van der Waals surface area contributed by atoms with E-state index in [4.69, 9.17) is 4.74 Å². The SMILES string of the molecule is COC(=O)C1=C(C)N(c2ccc(C)c(C)c2)C(=Cc2cc(C)n(-c3ccccc3)c2C)C1=O. The molecule has 168 valence electrons. The summed E-state index contributed by atoms with van der Waals surface area (Å²) in [6.07, 6.45) is 1.87. The standard InChI is InChI=1S/C28H28N2O3/c1-17-12-13-24(14-18(17)2)30-21(5)26(28(32)33-6)27(31)25(30)16-22-15-19(3)29(20(22)4)23-10-8-7-9-11-23/h7-16H,1-6H3. The molecule has 0 aliphatic carbocycles. The highest BCUT2D eigenvalue weighted by molar-refractivity contribution is 6.30. The first kappa shape index (κ1) is 22.3. The summed E-state index contributed by atoms with van der Waals surface area (Å²) in [5.41, 5.74) is 8.25. The number of allylic oxidation sites excluding steroid dienone is 2. The summed E-state index contributed by atoms with van der Waals surface area (Å²) in [5, 5.41) is 0. The molecule has 0 saturated carbocycles. The van der Waals surface area contributed by atoms with E-state index < -0.39 is 5.97 Å². The van der Waals surface area contributed by atoms with Gasteiger partial charge in [0.15, 0.2) is 0 Å². The Morgan fingerprint density at radius 3 is 2.21 bits per heavy atom. The van der Waals surface area contributed by atoms with Gasteiger partial charge in [-0.25, -0.2) is 4.79 Å². The average Bonchev–Trinajstić information content (AvgIpc) is 3.21. The fraction of sp³-hybridized carbons (Fsp3) is 0.214. The van der Waals surface area contributed by atoms with Gasteiger partial charge in [0.1, 0.15) is 5.57 Å². The van der Waals surface area contributed by atoms with E-state index in [-0.39, 0.29) is 11.4 Å². The maximum absolute atomic E-state index is 13.5. The third-order valence-corrected chi connectivity index (χ3v) is 6.31. The Bertz CT molecular complexity index is 1330. The van der Waals surface area contributed by atoms with Crippen molar-refractivity contribution >= 4 is 23.5 Å². The first-order valence-corrected chi connectivity index (χ1v) is 10.9. The fourth-order valence-electron chi connectivity index (χ4n) is 4.41. The van der Waals surface area contributed by atoms with Gasteiger partial charge in [-0.3, -0.25) is 4.79 Å². The number of anilines is 1. The van der Waals surface area contributed by atoms with Gasteiger partial charge >= 0.3 is 5.97 Å². The number of ether oxygens (including phenoxy) is 1. The molecule has 0 fully saturated rings. The number of methoxy groups -OCH3 is 1. The first-order chi connectivity index (χ1) is 15.7. The Balaban J connectivity index is 1.89. The number of rotatable bonds is 4. The van der Waals surface area contributed by atoms with Crippen LogP contribution in [0, 0.1) is 27.7 Å². The molecule has 5 heteroatoms. The Hall–Kier alpha value is -3.86. The zero-order valence-electron chi connectivity index (χ0n) is 19.9. The largest absolute Gasteiger partial charge is 0.465 e. The number of aromatic nitrogens is 1. The summed E-state index contributed by atoms with van der Waals surface area (Å²) in [6, 6.07) is 18.2. The van der Waals surface area contributed by atoms with Crippen molar-refractivity contribution in [1.82, 2.24) is 4.57 Å². The topological polar surface area (TPSA) is 51.5 Å². The number of para-hydroxylation sites is 1. The zero-order valence-corrected chi connectivity index (χ0v) is 19.9. The summed E-state index contributed by atoms with van der Waals surface area (Å²) in [6.45, 7) is 9.95. The van der Waals surface area contributed by atoms with Crippen LogP contribution in [-0.2, 0) is 14.3 Å². The number of carbonyl (C=O) groups excluding carboxylic acids is 2.